The molecule has 1 aromatic heterocycles. The zero-order valence-corrected chi connectivity index (χ0v) is 24.0. The summed E-state index contributed by atoms with van der Waals surface area (Å²) in [5, 5.41) is 7.65. The largest absolute Gasteiger partial charge is 0.494 e. The van der Waals surface area contributed by atoms with Crippen molar-refractivity contribution in [1.82, 2.24) is 14.9 Å². The van der Waals surface area contributed by atoms with Gasteiger partial charge in [-0.15, -0.1) is 0 Å². The van der Waals surface area contributed by atoms with Crippen LogP contribution in [-0.2, 0) is 15.8 Å². The molecule has 2 aliphatic rings. The average molecular weight is 598 g/mol. The van der Waals surface area contributed by atoms with E-state index < -0.39 is 17.8 Å². The highest BCUT2D eigenvalue weighted by Gasteiger charge is 2.34. The number of hydrogen-bond acceptors (Lipinski definition) is 9. The van der Waals surface area contributed by atoms with Crippen LogP contribution in [0.2, 0.25) is 0 Å². The Balaban J connectivity index is 1.42. The van der Waals surface area contributed by atoms with Crippen LogP contribution in [0.25, 0.3) is 0 Å². The van der Waals surface area contributed by atoms with Crippen LogP contribution < -0.4 is 25.3 Å². The Morgan fingerprint density at radius 2 is 1.93 bits per heavy atom. The van der Waals surface area contributed by atoms with Crippen molar-refractivity contribution in [2.24, 2.45) is 0 Å². The predicted octanol–water partition coefficient (Wildman–Crippen LogP) is 5.40. The fourth-order valence-electron chi connectivity index (χ4n) is 5.28. The highest BCUT2D eigenvalue weighted by molar-refractivity contribution is 6.02. The van der Waals surface area contributed by atoms with Crippen LogP contribution >= 0.6 is 0 Å². The first-order chi connectivity index (χ1) is 20.7. The smallest absolute Gasteiger partial charge is 0.416 e. The number of carbonyl (C=O) groups is 1. The van der Waals surface area contributed by atoms with Gasteiger partial charge < -0.3 is 25.2 Å². The van der Waals surface area contributed by atoms with Gasteiger partial charge in [0.25, 0.3) is 0 Å². The van der Waals surface area contributed by atoms with Gasteiger partial charge in [0.05, 0.1) is 42.4 Å². The first-order valence-electron chi connectivity index (χ1n) is 14.0. The predicted molar refractivity (Wildman–Crippen MR) is 159 cm³/mol. The van der Waals surface area contributed by atoms with E-state index in [1.54, 1.807) is 25.3 Å². The Kier molecular flexibility index (Phi) is 9.02. The fraction of sp³-hybridized carbons (Fsp3) is 0.367. The van der Waals surface area contributed by atoms with Crippen LogP contribution in [0, 0.1) is 0 Å². The quantitative estimate of drug-likeness (QED) is 0.315. The Labute approximate surface area is 248 Å². The fourth-order valence-corrected chi connectivity index (χ4v) is 5.28. The minimum atomic E-state index is -4.45. The maximum absolute atomic E-state index is 13.4. The number of amides is 1. The molecule has 2 aromatic carbocycles. The molecule has 2 N–H and O–H groups in total. The maximum Gasteiger partial charge on any atom is 0.416 e. The van der Waals surface area contributed by atoms with E-state index in [4.69, 9.17) is 9.57 Å². The summed E-state index contributed by atoms with van der Waals surface area (Å²) in [5.74, 6) is 0.957. The van der Waals surface area contributed by atoms with Gasteiger partial charge in [0.2, 0.25) is 5.91 Å². The van der Waals surface area contributed by atoms with Crippen molar-refractivity contribution in [3.8, 4) is 5.75 Å². The number of halogens is 3. The third kappa shape index (κ3) is 6.83. The number of benzene rings is 2. The van der Waals surface area contributed by atoms with E-state index in [0.717, 1.165) is 50.5 Å². The van der Waals surface area contributed by atoms with E-state index in [2.05, 4.69) is 43.9 Å². The lowest BCUT2D eigenvalue weighted by Crippen LogP contribution is -2.46. The van der Waals surface area contributed by atoms with Crippen molar-refractivity contribution < 1.29 is 27.5 Å². The van der Waals surface area contributed by atoms with Gasteiger partial charge in [0, 0.05) is 44.7 Å². The second-order valence-electron chi connectivity index (χ2n) is 10.2. The summed E-state index contributed by atoms with van der Waals surface area (Å²) in [4.78, 5) is 31.4. The highest BCUT2D eigenvalue weighted by Crippen LogP contribution is 2.40. The minimum Gasteiger partial charge on any atom is -0.494 e. The average Bonchev–Trinajstić information content (AvgIpc) is 3.51. The van der Waals surface area contributed by atoms with Crippen molar-refractivity contribution in [2.75, 3.05) is 67.0 Å². The summed E-state index contributed by atoms with van der Waals surface area (Å²) in [7, 11) is 1.56. The van der Waals surface area contributed by atoms with Gasteiger partial charge in [-0.05, 0) is 36.4 Å². The first kappa shape index (κ1) is 30.1. The van der Waals surface area contributed by atoms with Crippen LogP contribution in [0.15, 0.2) is 61.4 Å². The number of nitrogens with zero attached hydrogens (tertiary/aromatic N) is 5. The van der Waals surface area contributed by atoms with Crippen molar-refractivity contribution in [3.05, 3.63) is 72.6 Å². The summed E-state index contributed by atoms with van der Waals surface area (Å²) in [6.45, 7) is 10.4. The molecule has 3 heterocycles. The Hall–Kier alpha value is -4.36. The number of anilines is 5. The molecule has 43 heavy (non-hydrogen) atoms. The number of carbonyl (C=O) groups excluding carboxylic acids is 1. The van der Waals surface area contributed by atoms with E-state index in [-0.39, 0.29) is 5.91 Å². The van der Waals surface area contributed by atoms with E-state index in [0.29, 0.717) is 47.4 Å². The van der Waals surface area contributed by atoms with Gasteiger partial charge in [-0.25, -0.2) is 15.0 Å². The standard InChI is InChI=1S/C30H34F3N7O3/c1-4-29(41)37-22-16-23(26(42-3)17-25(22)39-12-10-38(5-2)11-13-39)36-27-18-28(35-19-34-27)40-24(9-14-43-40)20-7-6-8-21(15-20)30(31,32)33/h4,6-8,15-19,24H,1,5,9-14H2,2-3H3,(H,37,41)(H,34,35,36)/t24-/m1/s1. The van der Waals surface area contributed by atoms with Crippen LogP contribution in [0.3, 0.4) is 0 Å². The number of ether oxygens (including phenoxy) is 1. The highest BCUT2D eigenvalue weighted by atomic mass is 19.4. The molecule has 0 unspecified atom stereocenters. The number of alkyl halides is 3. The number of nitrogens with one attached hydrogen (secondary N) is 2. The van der Waals surface area contributed by atoms with Gasteiger partial charge in [0.1, 0.15) is 17.9 Å². The number of hydrogen-bond donors (Lipinski definition) is 2. The lowest BCUT2D eigenvalue weighted by atomic mass is 10.0. The third-order valence-corrected chi connectivity index (χ3v) is 7.57. The Morgan fingerprint density at radius 3 is 2.63 bits per heavy atom. The Morgan fingerprint density at radius 1 is 1.14 bits per heavy atom. The molecular formula is C30H34F3N7O3. The van der Waals surface area contributed by atoms with E-state index in [1.165, 1.54) is 23.5 Å². The molecule has 10 nitrogen and oxygen atoms in total. The molecule has 1 amide bonds. The van der Waals surface area contributed by atoms with Crippen molar-refractivity contribution >= 4 is 34.6 Å². The zero-order valence-electron chi connectivity index (χ0n) is 24.0. The summed E-state index contributed by atoms with van der Waals surface area (Å²) in [6, 6.07) is 10.1. The number of piperazine rings is 1. The zero-order chi connectivity index (χ0) is 30.6. The molecule has 0 spiro atoms. The number of rotatable bonds is 9. The molecule has 0 aliphatic carbocycles. The normalized spacial score (nSPS) is 17.6. The molecule has 2 saturated heterocycles. The molecule has 1 atom stereocenters. The molecular weight excluding hydrogens is 563 g/mol. The van der Waals surface area contributed by atoms with E-state index >= 15 is 0 Å². The molecule has 3 aromatic rings. The summed E-state index contributed by atoms with van der Waals surface area (Å²) in [6.07, 6.45) is -1.41. The van der Waals surface area contributed by atoms with Crippen LogP contribution in [-0.4, -0.2) is 67.2 Å². The van der Waals surface area contributed by atoms with Crippen molar-refractivity contribution in [2.45, 2.75) is 25.6 Å². The first-order valence-corrected chi connectivity index (χ1v) is 14.0. The van der Waals surface area contributed by atoms with Gasteiger partial charge in [0.15, 0.2) is 5.82 Å². The van der Waals surface area contributed by atoms with Gasteiger partial charge in [-0.2, -0.15) is 13.2 Å². The number of likely N-dealkylation sites (N-methyl/N-ethyl adjacent to an activating group) is 1. The second-order valence-corrected chi connectivity index (χ2v) is 10.2. The number of hydroxylamine groups is 1. The summed E-state index contributed by atoms with van der Waals surface area (Å²) in [5.41, 5.74) is 1.70. The summed E-state index contributed by atoms with van der Waals surface area (Å²) >= 11 is 0. The van der Waals surface area contributed by atoms with E-state index in [9.17, 15) is 18.0 Å². The van der Waals surface area contributed by atoms with E-state index in [1.807, 2.05) is 6.07 Å². The number of methoxy groups -OCH3 is 1. The monoisotopic (exact) mass is 597 g/mol. The SMILES string of the molecule is C=CC(=O)Nc1cc(Nc2cc(N3OCC[C@@H]3c3cccc(C(F)(F)F)c3)ncn2)c(OC)cc1N1CCN(CC)CC1. The lowest BCUT2D eigenvalue weighted by Gasteiger charge is -2.36. The van der Waals surface area contributed by atoms with Crippen LogP contribution in [0.1, 0.15) is 30.5 Å². The van der Waals surface area contributed by atoms with Crippen LogP contribution in [0.5, 0.6) is 5.75 Å². The van der Waals surface area contributed by atoms with Gasteiger partial charge in [-0.1, -0.05) is 25.6 Å². The molecule has 228 valence electrons. The third-order valence-electron chi connectivity index (χ3n) is 7.57. The maximum atomic E-state index is 13.4. The molecule has 2 aliphatic heterocycles. The van der Waals surface area contributed by atoms with Crippen molar-refractivity contribution in [3.63, 3.8) is 0 Å². The molecule has 0 radical (unpaired) electrons. The summed E-state index contributed by atoms with van der Waals surface area (Å²) < 4.78 is 45.8. The number of aromatic nitrogens is 2. The molecule has 0 saturated carbocycles. The molecule has 2 fully saturated rings. The second kappa shape index (κ2) is 12.9. The molecule has 5 rings (SSSR count). The lowest BCUT2D eigenvalue weighted by molar-refractivity contribution is -0.137. The molecule has 13 heteroatoms. The Bertz CT molecular complexity index is 1460. The van der Waals surface area contributed by atoms with Gasteiger partial charge >= 0.3 is 6.18 Å². The van der Waals surface area contributed by atoms with Crippen LogP contribution in [0.4, 0.5) is 41.9 Å². The van der Waals surface area contributed by atoms with Crippen molar-refractivity contribution in [1.29, 1.82) is 0 Å². The topological polar surface area (TPSA) is 95.1 Å². The van der Waals surface area contributed by atoms with Gasteiger partial charge in [-0.3, -0.25) is 9.63 Å². The minimum absolute atomic E-state index is 0.321. The molecule has 0 bridgehead atoms.